The van der Waals surface area contributed by atoms with Crippen LogP contribution in [0.25, 0.3) is 0 Å². The molecule has 1 aliphatic rings. The lowest BCUT2D eigenvalue weighted by Crippen LogP contribution is -2.33. The van der Waals surface area contributed by atoms with Crippen molar-refractivity contribution in [3.63, 3.8) is 0 Å². The van der Waals surface area contributed by atoms with E-state index in [1.54, 1.807) is 11.3 Å². The highest BCUT2D eigenvalue weighted by Crippen LogP contribution is 2.20. The van der Waals surface area contributed by atoms with Gasteiger partial charge in [-0.25, -0.2) is 0 Å². The normalized spacial score (nSPS) is 20.3. The van der Waals surface area contributed by atoms with Crippen molar-refractivity contribution in [2.45, 2.75) is 51.0 Å². The summed E-state index contributed by atoms with van der Waals surface area (Å²) in [5.41, 5.74) is 1.49. The lowest BCUT2D eigenvalue weighted by Gasteiger charge is -2.24. The van der Waals surface area contributed by atoms with Crippen LogP contribution in [0, 0.1) is 0 Å². The third-order valence-electron chi connectivity index (χ3n) is 3.43. The van der Waals surface area contributed by atoms with Gasteiger partial charge >= 0.3 is 0 Å². The predicted molar refractivity (Wildman–Crippen MR) is 67.6 cm³/mol. The van der Waals surface area contributed by atoms with Crippen LogP contribution in [0.15, 0.2) is 16.8 Å². The standard InChI is InChI=1S/C13H21NS/c1-11(12-7-8-15-10-12)9-14-13-5-3-2-4-6-13/h7-8,10-11,13-14H,2-6,9H2,1H3. The zero-order chi connectivity index (χ0) is 10.5. The zero-order valence-electron chi connectivity index (χ0n) is 9.54. The van der Waals surface area contributed by atoms with Crippen LogP contribution in [0.1, 0.15) is 50.5 Å². The molecule has 1 heterocycles. The summed E-state index contributed by atoms with van der Waals surface area (Å²) in [5.74, 6) is 0.665. The van der Waals surface area contributed by atoms with Gasteiger partial charge in [-0.1, -0.05) is 26.2 Å². The van der Waals surface area contributed by atoms with Crippen LogP contribution >= 0.6 is 11.3 Å². The smallest absolute Gasteiger partial charge is 0.00673 e. The summed E-state index contributed by atoms with van der Waals surface area (Å²) in [6.45, 7) is 3.46. The molecular formula is C13H21NS. The molecular weight excluding hydrogens is 202 g/mol. The second-order valence-corrected chi connectivity index (χ2v) is 5.48. The number of hydrogen-bond acceptors (Lipinski definition) is 2. The Morgan fingerprint density at radius 1 is 1.40 bits per heavy atom. The summed E-state index contributed by atoms with van der Waals surface area (Å²) in [5, 5.41) is 8.16. The molecule has 84 valence electrons. The number of thiophene rings is 1. The van der Waals surface area contributed by atoms with Gasteiger partial charge in [0.15, 0.2) is 0 Å². The van der Waals surface area contributed by atoms with Gasteiger partial charge in [-0.2, -0.15) is 11.3 Å². The maximum Gasteiger partial charge on any atom is 0.00673 e. The maximum atomic E-state index is 3.71. The van der Waals surface area contributed by atoms with Crippen molar-refractivity contribution in [2.24, 2.45) is 0 Å². The average molecular weight is 223 g/mol. The van der Waals surface area contributed by atoms with Gasteiger partial charge in [0.2, 0.25) is 0 Å². The van der Waals surface area contributed by atoms with Crippen molar-refractivity contribution in [3.05, 3.63) is 22.4 Å². The van der Waals surface area contributed by atoms with E-state index in [2.05, 4.69) is 29.1 Å². The molecule has 0 amide bonds. The molecule has 2 heteroatoms. The van der Waals surface area contributed by atoms with E-state index in [4.69, 9.17) is 0 Å². The lowest BCUT2D eigenvalue weighted by atomic mass is 9.94. The van der Waals surface area contributed by atoms with E-state index in [0.29, 0.717) is 5.92 Å². The number of rotatable bonds is 4. The van der Waals surface area contributed by atoms with E-state index in [1.165, 1.54) is 37.7 Å². The van der Waals surface area contributed by atoms with Crippen molar-refractivity contribution in [3.8, 4) is 0 Å². The molecule has 1 nitrogen and oxygen atoms in total. The van der Waals surface area contributed by atoms with Gasteiger partial charge in [0, 0.05) is 12.6 Å². The first-order valence-electron chi connectivity index (χ1n) is 6.12. The van der Waals surface area contributed by atoms with Crippen molar-refractivity contribution < 1.29 is 0 Å². The Morgan fingerprint density at radius 3 is 2.87 bits per heavy atom. The van der Waals surface area contributed by atoms with E-state index in [1.807, 2.05) is 0 Å². The Bertz CT molecular complexity index is 262. The van der Waals surface area contributed by atoms with Crippen LogP contribution in [0.2, 0.25) is 0 Å². The van der Waals surface area contributed by atoms with Gasteiger partial charge in [0.1, 0.15) is 0 Å². The molecule has 1 N–H and O–H groups in total. The van der Waals surface area contributed by atoms with Gasteiger partial charge in [-0.3, -0.25) is 0 Å². The summed E-state index contributed by atoms with van der Waals surface area (Å²) in [7, 11) is 0. The molecule has 1 fully saturated rings. The molecule has 15 heavy (non-hydrogen) atoms. The zero-order valence-corrected chi connectivity index (χ0v) is 10.4. The van der Waals surface area contributed by atoms with Gasteiger partial charge in [0.25, 0.3) is 0 Å². The highest BCUT2D eigenvalue weighted by atomic mass is 32.1. The van der Waals surface area contributed by atoms with E-state index in [9.17, 15) is 0 Å². The first-order valence-corrected chi connectivity index (χ1v) is 7.06. The largest absolute Gasteiger partial charge is 0.313 e. The molecule has 1 saturated carbocycles. The molecule has 1 aromatic heterocycles. The Balaban J connectivity index is 1.73. The molecule has 2 rings (SSSR count). The van der Waals surface area contributed by atoms with E-state index < -0.39 is 0 Å². The van der Waals surface area contributed by atoms with E-state index in [0.717, 1.165) is 12.6 Å². The van der Waals surface area contributed by atoms with Crippen molar-refractivity contribution in [1.82, 2.24) is 5.32 Å². The highest BCUT2D eigenvalue weighted by molar-refractivity contribution is 7.07. The Hall–Kier alpha value is -0.340. The predicted octanol–water partition coefficient (Wildman–Crippen LogP) is 3.77. The summed E-state index contributed by atoms with van der Waals surface area (Å²) in [6, 6.07) is 3.04. The van der Waals surface area contributed by atoms with Crippen molar-refractivity contribution in [1.29, 1.82) is 0 Å². The fourth-order valence-electron chi connectivity index (χ4n) is 2.32. The minimum absolute atomic E-state index is 0.665. The minimum Gasteiger partial charge on any atom is -0.313 e. The monoisotopic (exact) mass is 223 g/mol. The molecule has 1 aromatic rings. The molecule has 0 bridgehead atoms. The fraction of sp³-hybridized carbons (Fsp3) is 0.692. The van der Waals surface area contributed by atoms with Crippen LogP contribution in [0.5, 0.6) is 0 Å². The topological polar surface area (TPSA) is 12.0 Å². The molecule has 1 atom stereocenters. The van der Waals surface area contributed by atoms with Crippen LogP contribution in [0.4, 0.5) is 0 Å². The van der Waals surface area contributed by atoms with Gasteiger partial charge in [0.05, 0.1) is 0 Å². The first-order chi connectivity index (χ1) is 7.36. The molecule has 1 unspecified atom stereocenters. The minimum atomic E-state index is 0.665. The Kier molecular flexibility index (Phi) is 4.21. The second kappa shape index (κ2) is 5.66. The fourth-order valence-corrected chi connectivity index (χ4v) is 3.11. The van der Waals surface area contributed by atoms with Gasteiger partial charge in [-0.15, -0.1) is 0 Å². The summed E-state index contributed by atoms with van der Waals surface area (Å²) < 4.78 is 0. The van der Waals surface area contributed by atoms with Gasteiger partial charge < -0.3 is 5.32 Å². The molecule has 0 aliphatic heterocycles. The molecule has 0 spiro atoms. The Labute approximate surface area is 96.9 Å². The quantitative estimate of drug-likeness (QED) is 0.819. The molecule has 0 radical (unpaired) electrons. The molecule has 1 aliphatic carbocycles. The third-order valence-corrected chi connectivity index (χ3v) is 4.13. The lowest BCUT2D eigenvalue weighted by molar-refractivity contribution is 0.367. The van der Waals surface area contributed by atoms with Crippen LogP contribution < -0.4 is 5.32 Å². The van der Waals surface area contributed by atoms with E-state index >= 15 is 0 Å². The SMILES string of the molecule is CC(CNC1CCCCC1)c1ccsc1. The third kappa shape index (κ3) is 3.32. The molecule has 0 saturated heterocycles. The average Bonchev–Trinajstić information content (AvgIpc) is 2.81. The number of hydrogen-bond donors (Lipinski definition) is 1. The second-order valence-electron chi connectivity index (χ2n) is 4.70. The maximum absolute atomic E-state index is 3.71. The Morgan fingerprint density at radius 2 is 2.20 bits per heavy atom. The van der Waals surface area contributed by atoms with Gasteiger partial charge in [-0.05, 0) is 41.1 Å². The van der Waals surface area contributed by atoms with Crippen molar-refractivity contribution in [2.75, 3.05) is 6.54 Å². The van der Waals surface area contributed by atoms with E-state index in [-0.39, 0.29) is 0 Å². The number of nitrogens with one attached hydrogen (secondary N) is 1. The van der Waals surface area contributed by atoms with Crippen LogP contribution in [-0.2, 0) is 0 Å². The van der Waals surface area contributed by atoms with Crippen molar-refractivity contribution >= 4 is 11.3 Å². The first kappa shape index (κ1) is 11.2. The molecule has 0 aromatic carbocycles. The summed E-state index contributed by atoms with van der Waals surface area (Å²) in [4.78, 5) is 0. The highest BCUT2D eigenvalue weighted by Gasteiger charge is 2.14. The van der Waals surface area contributed by atoms with Crippen LogP contribution in [0.3, 0.4) is 0 Å². The van der Waals surface area contributed by atoms with Crippen LogP contribution in [-0.4, -0.2) is 12.6 Å². The summed E-state index contributed by atoms with van der Waals surface area (Å²) >= 11 is 1.80. The summed E-state index contributed by atoms with van der Waals surface area (Å²) in [6.07, 6.45) is 7.06.